The van der Waals surface area contributed by atoms with E-state index in [9.17, 15) is 0 Å². The topological polar surface area (TPSA) is 0 Å². The van der Waals surface area contributed by atoms with Crippen molar-refractivity contribution >= 4 is 10.8 Å². The zero-order valence-electron chi connectivity index (χ0n) is 24.2. The minimum atomic E-state index is 0.511. The van der Waals surface area contributed by atoms with Crippen LogP contribution < -0.4 is 0 Å². The van der Waals surface area contributed by atoms with E-state index in [4.69, 9.17) is 0 Å². The number of benzene rings is 2. The van der Waals surface area contributed by atoms with Gasteiger partial charge in [-0.3, -0.25) is 0 Å². The molecule has 0 aromatic heterocycles. The van der Waals surface area contributed by atoms with Gasteiger partial charge in [-0.25, -0.2) is 0 Å². The maximum absolute atomic E-state index is 2.75. The summed E-state index contributed by atoms with van der Waals surface area (Å²) >= 11 is 0. The summed E-state index contributed by atoms with van der Waals surface area (Å²) in [5.74, 6) is 6.57. The molecule has 0 amide bonds. The standard InChI is InChI=1S/C36H52/c1-23(2)8-7-9-25(4)32-16-17-33-30-15-13-28-21-31-27(12-11-26-20-24(3)10-14-29(26)31)22-36(28,6)34(30)18-19-35(32,33)5/h10-12,14,20,23,25,28,30,32-34H,7-9,13,15-19,21-22H2,1-6H3. The summed E-state index contributed by atoms with van der Waals surface area (Å²) in [7, 11) is 0. The van der Waals surface area contributed by atoms with E-state index in [0.717, 1.165) is 41.4 Å². The number of rotatable bonds is 5. The molecule has 4 aliphatic carbocycles. The largest absolute Gasteiger partial charge is 0.0628 e. The minimum absolute atomic E-state index is 0.511. The van der Waals surface area contributed by atoms with E-state index >= 15 is 0 Å². The lowest BCUT2D eigenvalue weighted by Gasteiger charge is -2.61. The molecule has 0 saturated heterocycles. The van der Waals surface area contributed by atoms with Gasteiger partial charge in [0, 0.05) is 0 Å². The Hall–Kier alpha value is -1.30. The zero-order valence-corrected chi connectivity index (χ0v) is 24.2. The number of fused-ring (bicyclic) bond motifs is 8. The van der Waals surface area contributed by atoms with Crippen LogP contribution in [0.4, 0.5) is 0 Å². The molecule has 0 bridgehead atoms. The van der Waals surface area contributed by atoms with Crippen LogP contribution in [-0.2, 0) is 12.8 Å². The second kappa shape index (κ2) is 9.17. The molecule has 3 fully saturated rings. The Balaban J connectivity index is 1.24. The zero-order chi connectivity index (χ0) is 25.2. The van der Waals surface area contributed by atoms with Gasteiger partial charge in [-0.05, 0) is 132 Å². The second-order valence-electron chi connectivity index (χ2n) is 15.0. The first-order chi connectivity index (χ1) is 17.2. The predicted octanol–water partition coefficient (Wildman–Crippen LogP) is 10.2. The molecular weight excluding hydrogens is 432 g/mol. The molecule has 36 heavy (non-hydrogen) atoms. The molecule has 8 unspecified atom stereocenters. The molecule has 6 rings (SSSR count). The van der Waals surface area contributed by atoms with Gasteiger partial charge in [-0.2, -0.15) is 0 Å². The average Bonchev–Trinajstić information content (AvgIpc) is 3.19. The van der Waals surface area contributed by atoms with Crippen LogP contribution in [0.1, 0.15) is 109 Å². The van der Waals surface area contributed by atoms with Gasteiger partial charge in [0.2, 0.25) is 0 Å². The smallest absolute Gasteiger partial charge is 0.0149 e. The lowest BCUT2D eigenvalue weighted by Crippen LogP contribution is -2.54. The number of aryl methyl sites for hydroxylation is 1. The van der Waals surface area contributed by atoms with Crippen molar-refractivity contribution in [3.63, 3.8) is 0 Å². The Kier molecular flexibility index (Phi) is 6.37. The maximum atomic E-state index is 2.75. The maximum Gasteiger partial charge on any atom is -0.0149 e. The van der Waals surface area contributed by atoms with Crippen molar-refractivity contribution in [2.75, 3.05) is 0 Å². The van der Waals surface area contributed by atoms with E-state index in [2.05, 4.69) is 71.9 Å². The van der Waals surface area contributed by atoms with Gasteiger partial charge in [0.05, 0.1) is 0 Å². The van der Waals surface area contributed by atoms with Crippen molar-refractivity contribution in [3.8, 4) is 0 Å². The highest BCUT2D eigenvalue weighted by atomic mass is 14.6. The highest BCUT2D eigenvalue weighted by Gasteiger charge is 2.60. The Labute approximate surface area is 222 Å². The Bertz CT molecular complexity index is 1110. The normalized spacial score (nSPS) is 38.4. The summed E-state index contributed by atoms with van der Waals surface area (Å²) in [6.07, 6.45) is 16.0. The predicted molar refractivity (Wildman–Crippen MR) is 155 cm³/mol. The van der Waals surface area contributed by atoms with Crippen molar-refractivity contribution in [2.24, 2.45) is 52.3 Å². The van der Waals surface area contributed by atoms with Gasteiger partial charge < -0.3 is 0 Å². The van der Waals surface area contributed by atoms with Crippen LogP contribution in [0.2, 0.25) is 0 Å². The van der Waals surface area contributed by atoms with Gasteiger partial charge in [0.1, 0.15) is 0 Å². The van der Waals surface area contributed by atoms with Crippen molar-refractivity contribution in [3.05, 3.63) is 47.0 Å². The first kappa shape index (κ1) is 25.0. The lowest BCUT2D eigenvalue weighted by molar-refractivity contribution is -0.103. The van der Waals surface area contributed by atoms with Crippen LogP contribution in [0, 0.1) is 59.2 Å². The third-order valence-electron chi connectivity index (χ3n) is 12.7. The summed E-state index contributed by atoms with van der Waals surface area (Å²) in [6, 6.07) is 12.1. The lowest BCUT2D eigenvalue weighted by atomic mass is 9.44. The number of hydrogen-bond acceptors (Lipinski definition) is 0. The van der Waals surface area contributed by atoms with E-state index in [0.29, 0.717) is 10.8 Å². The second-order valence-corrected chi connectivity index (χ2v) is 15.0. The van der Waals surface area contributed by atoms with Gasteiger partial charge in [-0.15, -0.1) is 0 Å². The molecule has 4 aliphatic rings. The molecule has 2 aromatic carbocycles. The summed E-state index contributed by atoms with van der Waals surface area (Å²) in [5, 5.41) is 3.00. The molecule has 0 radical (unpaired) electrons. The van der Waals surface area contributed by atoms with E-state index in [1.165, 1.54) is 81.6 Å². The summed E-state index contributed by atoms with van der Waals surface area (Å²) in [6.45, 7) is 15.1. The molecule has 0 heterocycles. The first-order valence-corrected chi connectivity index (χ1v) is 15.7. The highest BCUT2D eigenvalue weighted by Crippen LogP contribution is 2.68. The van der Waals surface area contributed by atoms with E-state index < -0.39 is 0 Å². The van der Waals surface area contributed by atoms with Crippen molar-refractivity contribution in [2.45, 2.75) is 112 Å². The van der Waals surface area contributed by atoms with Crippen molar-refractivity contribution in [1.82, 2.24) is 0 Å². The van der Waals surface area contributed by atoms with Crippen molar-refractivity contribution in [1.29, 1.82) is 0 Å². The average molecular weight is 485 g/mol. The summed E-state index contributed by atoms with van der Waals surface area (Å²) in [5.41, 5.74) is 5.89. The SMILES string of the molecule is Cc1ccc2c3c(ccc2c1)CC1(C)C(CCC2C1CCC1(C)C(C(C)CCCC(C)C)CCC21)C3. The Morgan fingerprint density at radius 3 is 2.47 bits per heavy atom. The molecule has 0 aliphatic heterocycles. The van der Waals surface area contributed by atoms with Crippen LogP contribution in [0.15, 0.2) is 30.3 Å². The molecule has 2 aromatic rings. The monoisotopic (exact) mass is 484 g/mol. The van der Waals surface area contributed by atoms with Crippen LogP contribution in [0.5, 0.6) is 0 Å². The molecule has 0 spiro atoms. The molecule has 196 valence electrons. The minimum Gasteiger partial charge on any atom is -0.0628 e. The molecule has 3 saturated carbocycles. The van der Waals surface area contributed by atoms with Crippen LogP contribution in [0.25, 0.3) is 10.8 Å². The molecule has 0 N–H and O–H groups in total. The van der Waals surface area contributed by atoms with Crippen molar-refractivity contribution < 1.29 is 0 Å². The fourth-order valence-electron chi connectivity index (χ4n) is 10.8. The third kappa shape index (κ3) is 3.91. The fourth-order valence-corrected chi connectivity index (χ4v) is 10.8. The molecule has 0 heteroatoms. The summed E-state index contributed by atoms with van der Waals surface area (Å²) in [4.78, 5) is 0. The number of hydrogen-bond donors (Lipinski definition) is 0. The molecule has 0 nitrogen and oxygen atoms in total. The fraction of sp³-hybridized carbons (Fsp3) is 0.722. The van der Waals surface area contributed by atoms with E-state index in [1.807, 2.05) is 0 Å². The van der Waals surface area contributed by atoms with Gasteiger partial charge in [-0.1, -0.05) is 89.8 Å². The third-order valence-corrected chi connectivity index (χ3v) is 12.7. The Morgan fingerprint density at radius 1 is 0.861 bits per heavy atom. The molecular formula is C36H52. The summed E-state index contributed by atoms with van der Waals surface area (Å²) < 4.78 is 0. The molecule has 8 atom stereocenters. The first-order valence-electron chi connectivity index (χ1n) is 15.7. The van der Waals surface area contributed by atoms with Crippen LogP contribution in [0.3, 0.4) is 0 Å². The highest BCUT2D eigenvalue weighted by molar-refractivity contribution is 5.87. The van der Waals surface area contributed by atoms with Gasteiger partial charge in [0.15, 0.2) is 0 Å². The van der Waals surface area contributed by atoms with Crippen LogP contribution in [-0.4, -0.2) is 0 Å². The van der Waals surface area contributed by atoms with E-state index in [1.54, 1.807) is 16.5 Å². The van der Waals surface area contributed by atoms with Gasteiger partial charge >= 0.3 is 0 Å². The quantitative estimate of drug-likeness (QED) is 0.396. The van der Waals surface area contributed by atoms with E-state index in [-0.39, 0.29) is 0 Å². The Morgan fingerprint density at radius 2 is 1.67 bits per heavy atom. The van der Waals surface area contributed by atoms with Crippen LogP contribution >= 0.6 is 0 Å². The van der Waals surface area contributed by atoms with Gasteiger partial charge in [0.25, 0.3) is 0 Å².